The van der Waals surface area contributed by atoms with E-state index in [4.69, 9.17) is 0 Å². The molecule has 1 aromatic carbocycles. The summed E-state index contributed by atoms with van der Waals surface area (Å²) in [6.07, 6.45) is 7.04. The van der Waals surface area contributed by atoms with Gasteiger partial charge in [0.25, 0.3) is 0 Å². The minimum absolute atomic E-state index is 0.591. The van der Waals surface area contributed by atoms with Crippen molar-refractivity contribution >= 4 is 10.9 Å². The zero-order chi connectivity index (χ0) is 15.6. The lowest BCUT2D eigenvalue weighted by atomic mass is 9.79. The predicted molar refractivity (Wildman–Crippen MR) is 96.8 cm³/mol. The van der Waals surface area contributed by atoms with Gasteiger partial charge in [0, 0.05) is 48.8 Å². The zero-order valence-corrected chi connectivity index (χ0v) is 14.3. The Hall–Kier alpha value is -1.32. The highest BCUT2D eigenvalue weighted by atomic mass is 15.2. The van der Waals surface area contributed by atoms with E-state index in [1.807, 2.05) is 0 Å². The molecule has 0 bridgehead atoms. The molecule has 3 nitrogen and oxygen atoms in total. The number of H-pyrrole nitrogens is 1. The number of piperazine rings is 1. The van der Waals surface area contributed by atoms with E-state index in [1.54, 1.807) is 5.56 Å². The molecule has 2 heterocycles. The first kappa shape index (κ1) is 15.2. The molecule has 1 aliphatic heterocycles. The summed E-state index contributed by atoms with van der Waals surface area (Å²) >= 11 is 0. The Labute approximate surface area is 139 Å². The highest BCUT2D eigenvalue weighted by molar-refractivity contribution is 5.85. The van der Waals surface area contributed by atoms with Crippen LogP contribution >= 0.6 is 0 Å². The standard InChI is InChI=1S/C20H29N3/c1-15-19(17-9-5-6-10-18(17)22-15)20(16-7-3-2-4-8-16)23-13-11-21-12-14-23/h5-6,9-10,16,20-22H,2-4,7-8,11-14H2,1H3/t20-/m0/s1. The summed E-state index contributed by atoms with van der Waals surface area (Å²) < 4.78 is 0. The van der Waals surface area contributed by atoms with Crippen molar-refractivity contribution in [3.8, 4) is 0 Å². The molecule has 3 heteroatoms. The quantitative estimate of drug-likeness (QED) is 0.897. The van der Waals surface area contributed by atoms with Gasteiger partial charge in [0.1, 0.15) is 0 Å². The predicted octanol–water partition coefficient (Wildman–Crippen LogP) is 4.00. The summed E-state index contributed by atoms with van der Waals surface area (Å²) in [5.74, 6) is 0.819. The molecule has 0 radical (unpaired) electrons. The molecular weight excluding hydrogens is 282 g/mol. The van der Waals surface area contributed by atoms with Crippen molar-refractivity contribution in [3.05, 3.63) is 35.5 Å². The van der Waals surface area contributed by atoms with Crippen molar-refractivity contribution in [1.29, 1.82) is 0 Å². The van der Waals surface area contributed by atoms with Gasteiger partial charge in [-0.15, -0.1) is 0 Å². The van der Waals surface area contributed by atoms with E-state index in [-0.39, 0.29) is 0 Å². The Bertz CT molecular complexity index is 630. The van der Waals surface area contributed by atoms with Crippen LogP contribution in [-0.4, -0.2) is 36.1 Å². The Kier molecular flexibility index (Phi) is 4.41. The van der Waals surface area contributed by atoms with E-state index in [2.05, 4.69) is 46.4 Å². The van der Waals surface area contributed by atoms with Crippen molar-refractivity contribution in [1.82, 2.24) is 15.2 Å². The van der Waals surface area contributed by atoms with Crippen LogP contribution in [0.1, 0.15) is 49.4 Å². The minimum atomic E-state index is 0.591. The molecule has 1 saturated carbocycles. The van der Waals surface area contributed by atoms with Gasteiger partial charge in [-0.25, -0.2) is 0 Å². The maximum absolute atomic E-state index is 3.64. The largest absolute Gasteiger partial charge is 0.358 e. The molecule has 0 amide bonds. The van der Waals surface area contributed by atoms with Crippen LogP contribution in [0.15, 0.2) is 24.3 Å². The van der Waals surface area contributed by atoms with Gasteiger partial charge < -0.3 is 10.3 Å². The molecule has 1 atom stereocenters. The van der Waals surface area contributed by atoms with E-state index in [9.17, 15) is 0 Å². The van der Waals surface area contributed by atoms with Crippen LogP contribution in [0, 0.1) is 12.8 Å². The Morgan fingerprint density at radius 3 is 2.57 bits per heavy atom. The second-order valence-electron chi connectivity index (χ2n) is 7.34. The number of nitrogens with one attached hydrogen (secondary N) is 2. The van der Waals surface area contributed by atoms with Gasteiger partial charge in [-0.2, -0.15) is 0 Å². The third-order valence-corrected chi connectivity index (χ3v) is 5.88. The van der Waals surface area contributed by atoms with Crippen molar-refractivity contribution in [2.75, 3.05) is 26.2 Å². The number of hydrogen-bond acceptors (Lipinski definition) is 2. The van der Waals surface area contributed by atoms with E-state index in [0.29, 0.717) is 6.04 Å². The van der Waals surface area contributed by atoms with Crippen LogP contribution in [0.2, 0.25) is 0 Å². The summed E-state index contributed by atoms with van der Waals surface area (Å²) in [5.41, 5.74) is 4.26. The number of benzene rings is 1. The van der Waals surface area contributed by atoms with Gasteiger partial charge in [-0.3, -0.25) is 4.90 Å². The van der Waals surface area contributed by atoms with Crippen LogP contribution < -0.4 is 5.32 Å². The zero-order valence-electron chi connectivity index (χ0n) is 14.3. The van der Waals surface area contributed by atoms with Gasteiger partial charge in [0.05, 0.1) is 0 Å². The van der Waals surface area contributed by atoms with Gasteiger partial charge >= 0.3 is 0 Å². The van der Waals surface area contributed by atoms with Crippen LogP contribution in [-0.2, 0) is 0 Å². The molecule has 0 spiro atoms. The van der Waals surface area contributed by atoms with E-state index in [0.717, 1.165) is 19.0 Å². The number of hydrogen-bond donors (Lipinski definition) is 2. The number of rotatable bonds is 3. The molecular formula is C20H29N3. The first-order valence-electron chi connectivity index (χ1n) is 9.36. The molecule has 1 saturated heterocycles. The van der Waals surface area contributed by atoms with Crippen LogP contribution in [0.4, 0.5) is 0 Å². The van der Waals surface area contributed by atoms with Crippen molar-refractivity contribution in [2.24, 2.45) is 5.92 Å². The number of fused-ring (bicyclic) bond motifs is 1. The van der Waals surface area contributed by atoms with Gasteiger partial charge in [-0.05, 0) is 37.3 Å². The minimum Gasteiger partial charge on any atom is -0.358 e. The van der Waals surface area contributed by atoms with Crippen LogP contribution in [0.5, 0.6) is 0 Å². The molecule has 2 N–H and O–H groups in total. The molecule has 1 aromatic heterocycles. The number of aromatic amines is 1. The summed E-state index contributed by atoms with van der Waals surface area (Å²) in [5, 5.41) is 4.96. The maximum atomic E-state index is 3.64. The normalized spacial score (nSPS) is 22.5. The average Bonchev–Trinajstić information content (AvgIpc) is 2.94. The number of aromatic nitrogens is 1. The molecule has 1 aliphatic carbocycles. The number of para-hydroxylation sites is 1. The average molecular weight is 311 g/mol. The summed E-state index contributed by atoms with van der Waals surface area (Å²) in [6, 6.07) is 9.46. The van der Waals surface area contributed by atoms with Crippen molar-refractivity contribution in [2.45, 2.75) is 45.1 Å². The summed E-state index contributed by atoms with van der Waals surface area (Å²) in [7, 11) is 0. The summed E-state index contributed by atoms with van der Waals surface area (Å²) in [6.45, 7) is 6.89. The Morgan fingerprint density at radius 1 is 1.04 bits per heavy atom. The fraction of sp³-hybridized carbons (Fsp3) is 0.600. The van der Waals surface area contributed by atoms with E-state index in [1.165, 1.54) is 61.8 Å². The summed E-state index contributed by atoms with van der Waals surface area (Å²) in [4.78, 5) is 6.40. The monoisotopic (exact) mass is 311 g/mol. The fourth-order valence-electron chi connectivity index (χ4n) is 4.81. The van der Waals surface area contributed by atoms with Crippen molar-refractivity contribution < 1.29 is 0 Å². The second kappa shape index (κ2) is 6.66. The SMILES string of the molecule is Cc1[nH]c2ccccc2c1[C@H](C1CCCCC1)N1CCNCC1. The maximum Gasteiger partial charge on any atom is 0.0459 e. The lowest BCUT2D eigenvalue weighted by Gasteiger charge is -2.41. The van der Waals surface area contributed by atoms with Gasteiger partial charge in [0.15, 0.2) is 0 Å². The molecule has 23 heavy (non-hydrogen) atoms. The van der Waals surface area contributed by atoms with Gasteiger partial charge in [0.2, 0.25) is 0 Å². The number of nitrogens with zero attached hydrogens (tertiary/aromatic N) is 1. The molecule has 124 valence electrons. The topological polar surface area (TPSA) is 31.1 Å². The molecule has 2 aliphatic rings. The molecule has 4 rings (SSSR count). The highest BCUT2D eigenvalue weighted by Gasteiger charge is 2.33. The molecule has 0 unspecified atom stereocenters. The Balaban J connectivity index is 1.77. The highest BCUT2D eigenvalue weighted by Crippen LogP contribution is 2.42. The first-order valence-corrected chi connectivity index (χ1v) is 9.36. The Morgan fingerprint density at radius 2 is 1.78 bits per heavy atom. The lowest BCUT2D eigenvalue weighted by molar-refractivity contribution is 0.104. The third kappa shape index (κ3) is 2.92. The fourth-order valence-corrected chi connectivity index (χ4v) is 4.81. The lowest BCUT2D eigenvalue weighted by Crippen LogP contribution is -2.47. The van der Waals surface area contributed by atoms with E-state index < -0.39 is 0 Å². The van der Waals surface area contributed by atoms with Gasteiger partial charge in [-0.1, -0.05) is 37.5 Å². The molecule has 2 fully saturated rings. The second-order valence-corrected chi connectivity index (χ2v) is 7.34. The van der Waals surface area contributed by atoms with Crippen LogP contribution in [0.3, 0.4) is 0 Å². The number of aryl methyl sites for hydroxylation is 1. The third-order valence-electron chi connectivity index (χ3n) is 5.88. The van der Waals surface area contributed by atoms with Crippen LogP contribution in [0.25, 0.3) is 10.9 Å². The molecule has 2 aromatic rings. The van der Waals surface area contributed by atoms with Crippen molar-refractivity contribution in [3.63, 3.8) is 0 Å². The van der Waals surface area contributed by atoms with E-state index >= 15 is 0 Å². The smallest absolute Gasteiger partial charge is 0.0459 e. The first-order chi connectivity index (χ1) is 11.3.